The molecule has 0 N–H and O–H groups in total. The van der Waals surface area contributed by atoms with Crippen LogP contribution in [0.4, 0.5) is 0 Å². The highest BCUT2D eigenvalue weighted by molar-refractivity contribution is 6.28. The van der Waals surface area contributed by atoms with Crippen molar-refractivity contribution in [1.29, 1.82) is 0 Å². The van der Waals surface area contributed by atoms with E-state index >= 15 is 0 Å². The van der Waals surface area contributed by atoms with E-state index in [0.717, 1.165) is 54.9 Å². The zero-order valence-electron chi connectivity index (χ0n) is 27.6. The molecule has 0 saturated carbocycles. The Bertz CT molecular complexity index is 3060. The lowest BCUT2D eigenvalue weighted by Gasteiger charge is -2.23. The number of fused-ring (bicyclic) bond motifs is 16. The third-order valence-corrected chi connectivity index (χ3v) is 11.0. The molecular formula is C46H30N4. The van der Waals surface area contributed by atoms with Gasteiger partial charge in [-0.1, -0.05) is 141 Å². The van der Waals surface area contributed by atoms with Crippen LogP contribution in [0, 0.1) is 0 Å². The van der Waals surface area contributed by atoms with Gasteiger partial charge in [-0.15, -0.1) is 0 Å². The second kappa shape index (κ2) is 9.83. The summed E-state index contributed by atoms with van der Waals surface area (Å²) in [6, 6.07) is 49.8. The van der Waals surface area contributed by atoms with Crippen LogP contribution in [0.5, 0.6) is 0 Å². The lowest BCUT2D eigenvalue weighted by Crippen LogP contribution is -2.16. The summed E-state index contributed by atoms with van der Waals surface area (Å²) < 4.78 is 2.34. The summed E-state index contributed by atoms with van der Waals surface area (Å²) in [5, 5.41) is 9.24. The van der Waals surface area contributed by atoms with Gasteiger partial charge >= 0.3 is 0 Å². The Morgan fingerprint density at radius 1 is 0.520 bits per heavy atom. The van der Waals surface area contributed by atoms with Gasteiger partial charge in [-0.3, -0.25) is 9.55 Å². The van der Waals surface area contributed by atoms with Crippen LogP contribution in [-0.2, 0) is 5.41 Å². The number of hydrogen-bond donors (Lipinski definition) is 0. The Balaban J connectivity index is 1.41. The molecule has 3 heterocycles. The van der Waals surface area contributed by atoms with Gasteiger partial charge in [-0.2, -0.15) is 0 Å². The van der Waals surface area contributed by atoms with Gasteiger partial charge in [0.15, 0.2) is 0 Å². The van der Waals surface area contributed by atoms with Gasteiger partial charge in [0.05, 0.1) is 27.8 Å². The van der Waals surface area contributed by atoms with Crippen LogP contribution in [0.2, 0.25) is 0 Å². The molecule has 1 aliphatic rings. The number of pyridine rings is 1. The maximum atomic E-state index is 5.62. The van der Waals surface area contributed by atoms with Crippen molar-refractivity contribution in [3.63, 3.8) is 0 Å². The summed E-state index contributed by atoms with van der Waals surface area (Å²) >= 11 is 0. The van der Waals surface area contributed by atoms with Gasteiger partial charge in [0.1, 0.15) is 0 Å². The number of aromatic nitrogens is 4. The molecule has 0 saturated heterocycles. The number of para-hydroxylation sites is 1. The van der Waals surface area contributed by atoms with Crippen LogP contribution >= 0.6 is 0 Å². The fourth-order valence-corrected chi connectivity index (χ4v) is 8.92. The van der Waals surface area contributed by atoms with Crippen LogP contribution < -0.4 is 0 Å². The Labute approximate surface area is 288 Å². The van der Waals surface area contributed by atoms with E-state index in [-0.39, 0.29) is 5.41 Å². The van der Waals surface area contributed by atoms with Crippen molar-refractivity contribution in [2.45, 2.75) is 19.3 Å². The maximum absolute atomic E-state index is 5.62. The highest BCUT2D eigenvalue weighted by atomic mass is 15.2. The topological polar surface area (TPSA) is 43.6 Å². The zero-order chi connectivity index (χ0) is 33.1. The molecule has 11 rings (SSSR count). The molecule has 234 valence electrons. The zero-order valence-corrected chi connectivity index (χ0v) is 27.6. The molecule has 0 aliphatic heterocycles. The predicted molar refractivity (Wildman–Crippen MR) is 207 cm³/mol. The van der Waals surface area contributed by atoms with Crippen molar-refractivity contribution in [3.8, 4) is 28.3 Å². The van der Waals surface area contributed by atoms with Crippen molar-refractivity contribution < 1.29 is 0 Å². The van der Waals surface area contributed by atoms with Crippen molar-refractivity contribution in [1.82, 2.24) is 19.5 Å². The Morgan fingerprint density at radius 3 is 1.98 bits per heavy atom. The van der Waals surface area contributed by atoms with E-state index in [1.807, 2.05) is 6.20 Å². The maximum Gasteiger partial charge on any atom is 0.235 e. The van der Waals surface area contributed by atoms with Crippen LogP contribution in [0.3, 0.4) is 0 Å². The minimum absolute atomic E-state index is 0.247. The standard InChI is InChI=1S/C46H30N4/c1-46(2)35-24-12-10-21-32(35)38-40(46)43-34(23-14-26-47-43)37-33-22-11-13-25-36(33)50(44(37)38)45-48-41(27-15-4-3-5-16-27)39-30-19-8-6-17-28(30)29-18-7-9-20-31(29)42(39)49-45/h3-26H,1-2H3. The van der Waals surface area contributed by atoms with Crippen LogP contribution in [0.1, 0.15) is 25.0 Å². The van der Waals surface area contributed by atoms with Crippen LogP contribution in [-0.4, -0.2) is 19.5 Å². The molecule has 1 aliphatic carbocycles. The summed E-state index contributed by atoms with van der Waals surface area (Å²) in [5.41, 5.74) is 11.0. The molecule has 4 nitrogen and oxygen atoms in total. The average molecular weight is 639 g/mol. The summed E-state index contributed by atoms with van der Waals surface area (Å²) in [7, 11) is 0. The highest BCUT2D eigenvalue weighted by Crippen LogP contribution is 2.55. The quantitative estimate of drug-likeness (QED) is 0.177. The number of nitrogens with zero attached hydrogens (tertiary/aromatic N) is 4. The number of benzene rings is 7. The lowest BCUT2D eigenvalue weighted by molar-refractivity contribution is 0.665. The van der Waals surface area contributed by atoms with Crippen molar-refractivity contribution in [2.24, 2.45) is 0 Å². The van der Waals surface area contributed by atoms with Crippen LogP contribution in [0.25, 0.3) is 93.5 Å². The average Bonchev–Trinajstić information content (AvgIpc) is 3.64. The van der Waals surface area contributed by atoms with Gasteiger partial charge in [0.25, 0.3) is 0 Å². The van der Waals surface area contributed by atoms with Gasteiger partial charge < -0.3 is 0 Å². The molecule has 10 aromatic rings. The van der Waals surface area contributed by atoms with E-state index in [9.17, 15) is 0 Å². The molecule has 0 unspecified atom stereocenters. The normalized spacial score (nSPS) is 13.6. The minimum atomic E-state index is -0.247. The first kappa shape index (κ1) is 27.5. The minimum Gasteiger partial charge on any atom is -0.277 e. The fourth-order valence-electron chi connectivity index (χ4n) is 8.92. The van der Waals surface area contributed by atoms with E-state index in [1.165, 1.54) is 43.8 Å². The largest absolute Gasteiger partial charge is 0.277 e. The summed E-state index contributed by atoms with van der Waals surface area (Å²) in [6.45, 7) is 4.67. The SMILES string of the molecule is CC1(C)c2ccccc2-c2c1c1ncccc1c1c3ccccc3n(-c3nc(-c4ccccc4)c4c5ccccc5c5ccccc5c4n3)c21. The second-order valence-corrected chi connectivity index (χ2v) is 13.9. The lowest BCUT2D eigenvalue weighted by atomic mass is 9.81. The van der Waals surface area contributed by atoms with E-state index in [4.69, 9.17) is 15.0 Å². The molecule has 0 atom stereocenters. The van der Waals surface area contributed by atoms with E-state index in [0.29, 0.717) is 5.95 Å². The number of hydrogen-bond acceptors (Lipinski definition) is 3. The summed E-state index contributed by atoms with van der Waals surface area (Å²) in [4.78, 5) is 16.3. The Hall–Kier alpha value is -6.39. The first-order valence-corrected chi connectivity index (χ1v) is 17.2. The molecule has 0 fully saturated rings. The van der Waals surface area contributed by atoms with E-state index in [2.05, 4.69) is 158 Å². The molecule has 0 radical (unpaired) electrons. The second-order valence-electron chi connectivity index (χ2n) is 13.9. The molecular weight excluding hydrogens is 609 g/mol. The van der Waals surface area contributed by atoms with E-state index in [1.54, 1.807) is 0 Å². The van der Waals surface area contributed by atoms with Crippen molar-refractivity contribution in [3.05, 3.63) is 157 Å². The molecule has 0 bridgehead atoms. The highest BCUT2D eigenvalue weighted by Gasteiger charge is 2.40. The van der Waals surface area contributed by atoms with Crippen molar-refractivity contribution >= 4 is 65.2 Å². The summed E-state index contributed by atoms with van der Waals surface area (Å²) in [6.07, 6.45) is 1.93. The fraction of sp³-hybridized carbons (Fsp3) is 0.0652. The van der Waals surface area contributed by atoms with Gasteiger partial charge in [0, 0.05) is 49.7 Å². The van der Waals surface area contributed by atoms with E-state index < -0.39 is 0 Å². The third-order valence-electron chi connectivity index (χ3n) is 11.0. The molecule has 50 heavy (non-hydrogen) atoms. The number of rotatable bonds is 2. The Morgan fingerprint density at radius 2 is 1.16 bits per heavy atom. The predicted octanol–water partition coefficient (Wildman–Crippen LogP) is 11.6. The third kappa shape index (κ3) is 3.47. The molecule has 0 spiro atoms. The first-order chi connectivity index (χ1) is 24.6. The smallest absolute Gasteiger partial charge is 0.235 e. The van der Waals surface area contributed by atoms with Crippen LogP contribution in [0.15, 0.2) is 146 Å². The van der Waals surface area contributed by atoms with Gasteiger partial charge in [-0.25, -0.2) is 9.97 Å². The van der Waals surface area contributed by atoms with Gasteiger partial charge in [-0.05, 0) is 45.0 Å². The summed E-state index contributed by atoms with van der Waals surface area (Å²) in [5.74, 6) is 0.663. The first-order valence-electron chi connectivity index (χ1n) is 17.2. The molecule has 4 heteroatoms. The monoisotopic (exact) mass is 638 g/mol. The Kier molecular flexibility index (Phi) is 5.42. The molecule has 7 aromatic carbocycles. The molecule has 0 amide bonds. The van der Waals surface area contributed by atoms with Gasteiger partial charge in [0.2, 0.25) is 5.95 Å². The molecule has 3 aromatic heterocycles. The van der Waals surface area contributed by atoms with Crippen molar-refractivity contribution in [2.75, 3.05) is 0 Å².